The molecule has 5 aliphatic carbocycles. The molecule has 5 fully saturated rings. The van der Waals surface area contributed by atoms with Crippen molar-refractivity contribution in [2.45, 2.75) is 76.3 Å². The van der Waals surface area contributed by atoms with Crippen molar-refractivity contribution < 1.29 is 19.2 Å². The summed E-state index contributed by atoms with van der Waals surface area (Å²) in [5, 5.41) is 0. The molecule has 0 N–H and O–H groups in total. The third-order valence-corrected chi connectivity index (χ3v) is 8.96. The van der Waals surface area contributed by atoms with E-state index in [2.05, 4.69) is 0 Å². The van der Waals surface area contributed by atoms with Gasteiger partial charge in [-0.3, -0.25) is 29.0 Å². The number of imide groups is 2. The van der Waals surface area contributed by atoms with E-state index in [1.54, 1.807) is 9.80 Å². The molecule has 3 saturated carbocycles. The summed E-state index contributed by atoms with van der Waals surface area (Å²) in [6.45, 7) is 0. The van der Waals surface area contributed by atoms with Gasteiger partial charge in [0.2, 0.25) is 23.6 Å². The van der Waals surface area contributed by atoms with E-state index in [9.17, 15) is 19.2 Å². The number of hydrogen-bond donors (Lipinski definition) is 0. The van der Waals surface area contributed by atoms with Gasteiger partial charge in [-0.2, -0.15) is 0 Å². The quantitative estimate of drug-likeness (QED) is 0.518. The van der Waals surface area contributed by atoms with Crippen LogP contribution in [0.4, 0.5) is 0 Å². The van der Waals surface area contributed by atoms with Crippen LogP contribution in [0, 0.1) is 35.5 Å². The Labute approximate surface area is 177 Å². The van der Waals surface area contributed by atoms with Gasteiger partial charge < -0.3 is 0 Å². The van der Waals surface area contributed by atoms with Crippen LogP contribution in [0.5, 0.6) is 0 Å². The van der Waals surface area contributed by atoms with Crippen molar-refractivity contribution in [1.82, 2.24) is 9.80 Å². The second-order valence-corrected chi connectivity index (χ2v) is 10.3. The first-order valence-electron chi connectivity index (χ1n) is 12.0. The van der Waals surface area contributed by atoms with Crippen LogP contribution in [-0.2, 0) is 19.2 Å². The first-order chi connectivity index (χ1) is 14.6. The Morgan fingerprint density at radius 2 is 0.800 bits per heavy atom. The van der Waals surface area contributed by atoms with Gasteiger partial charge in [-0.05, 0) is 25.7 Å². The van der Waals surface area contributed by atoms with E-state index in [-0.39, 0.29) is 47.5 Å². The second-order valence-electron chi connectivity index (χ2n) is 10.3. The van der Waals surface area contributed by atoms with Crippen molar-refractivity contribution >= 4 is 23.6 Å². The summed E-state index contributed by atoms with van der Waals surface area (Å²) >= 11 is 0. The summed E-state index contributed by atoms with van der Waals surface area (Å²) in [6.07, 6.45) is 14.1. The highest BCUT2D eigenvalue weighted by Crippen LogP contribution is 2.58. The lowest BCUT2D eigenvalue weighted by Gasteiger charge is -2.44. The maximum atomic E-state index is 13.5. The van der Waals surface area contributed by atoms with E-state index in [1.165, 1.54) is 0 Å². The van der Waals surface area contributed by atoms with Crippen molar-refractivity contribution in [2.24, 2.45) is 35.5 Å². The summed E-state index contributed by atoms with van der Waals surface area (Å²) in [5.41, 5.74) is 0. The molecule has 0 aromatic rings. The first kappa shape index (κ1) is 18.8. The minimum absolute atomic E-state index is 0.00808. The average Bonchev–Trinajstić information content (AvgIpc) is 3.22. The number of likely N-dealkylation sites (tertiary alicyclic amines) is 2. The minimum atomic E-state index is -0.446. The van der Waals surface area contributed by atoms with E-state index in [4.69, 9.17) is 0 Å². The Morgan fingerprint density at radius 1 is 0.500 bits per heavy atom. The lowest BCUT2D eigenvalue weighted by molar-refractivity contribution is -0.143. The highest BCUT2D eigenvalue weighted by Gasteiger charge is 2.69. The van der Waals surface area contributed by atoms with Crippen LogP contribution in [-0.4, -0.2) is 45.5 Å². The molecule has 160 valence electrons. The Bertz CT molecular complexity index is 726. The van der Waals surface area contributed by atoms with Crippen molar-refractivity contribution in [3.8, 4) is 0 Å². The van der Waals surface area contributed by atoms with Gasteiger partial charge in [-0.1, -0.05) is 50.7 Å². The molecule has 7 aliphatic rings. The maximum Gasteiger partial charge on any atom is 0.233 e. The monoisotopic (exact) mass is 410 g/mol. The molecule has 0 spiro atoms. The Kier molecular flexibility index (Phi) is 4.23. The van der Waals surface area contributed by atoms with Crippen LogP contribution in [0.3, 0.4) is 0 Å². The summed E-state index contributed by atoms with van der Waals surface area (Å²) in [5.74, 6) is -2.70. The van der Waals surface area contributed by atoms with Gasteiger partial charge in [0.15, 0.2) is 0 Å². The van der Waals surface area contributed by atoms with E-state index in [0.29, 0.717) is 0 Å². The predicted octanol–water partition coefficient (Wildman–Crippen LogP) is 2.67. The van der Waals surface area contributed by atoms with Crippen LogP contribution in [0.15, 0.2) is 12.2 Å². The Balaban J connectivity index is 1.33. The van der Waals surface area contributed by atoms with Crippen molar-refractivity contribution in [3.63, 3.8) is 0 Å². The molecule has 2 aliphatic heterocycles. The molecule has 4 amide bonds. The molecule has 30 heavy (non-hydrogen) atoms. The molecule has 2 unspecified atom stereocenters. The van der Waals surface area contributed by atoms with Gasteiger partial charge in [0.1, 0.15) is 0 Å². The molecule has 0 radical (unpaired) electrons. The largest absolute Gasteiger partial charge is 0.279 e. The topological polar surface area (TPSA) is 74.8 Å². The summed E-state index contributed by atoms with van der Waals surface area (Å²) in [7, 11) is 0. The maximum absolute atomic E-state index is 13.5. The SMILES string of the molecule is O=C1[C@@H]2C3C=CC([C@@H]2C(=O)N1C1CCCCC1)[C@@H]1C(=O)N(C2CCCCC2)C(=O)[C@@H]31. The minimum Gasteiger partial charge on any atom is -0.279 e. The highest BCUT2D eigenvalue weighted by molar-refractivity contribution is 6.11. The van der Waals surface area contributed by atoms with Crippen molar-refractivity contribution in [3.05, 3.63) is 12.2 Å². The van der Waals surface area contributed by atoms with Crippen LogP contribution in [0.1, 0.15) is 64.2 Å². The number of amides is 4. The lowest BCUT2D eigenvalue weighted by atomic mass is 9.54. The zero-order chi connectivity index (χ0) is 20.6. The second kappa shape index (κ2) is 6.76. The standard InChI is InChI=1S/C24H30N2O4/c27-21-17-15-11-12-16(18(17)22(28)25(21)13-7-3-1-4-8-13)20-19(15)23(29)26(24(20)30)14-9-5-2-6-10-14/h11-20H,1-10H2/t15?,16?,17-,18-,19-,20+/m0/s1. The number of hydrogen-bond acceptors (Lipinski definition) is 4. The van der Waals surface area contributed by atoms with Gasteiger partial charge in [0, 0.05) is 23.9 Å². The summed E-state index contributed by atoms with van der Waals surface area (Å²) in [6, 6.07) is 0.0162. The molecule has 7 rings (SSSR count). The third-order valence-electron chi connectivity index (χ3n) is 8.96. The molecular weight excluding hydrogens is 380 g/mol. The first-order valence-corrected chi connectivity index (χ1v) is 12.0. The smallest absolute Gasteiger partial charge is 0.233 e. The van der Waals surface area contributed by atoms with Gasteiger partial charge in [-0.25, -0.2) is 0 Å². The van der Waals surface area contributed by atoms with Crippen molar-refractivity contribution in [2.75, 3.05) is 0 Å². The number of nitrogens with zero attached hydrogens (tertiary/aromatic N) is 2. The van der Waals surface area contributed by atoms with Crippen LogP contribution in [0.25, 0.3) is 0 Å². The number of rotatable bonds is 2. The van der Waals surface area contributed by atoms with E-state index < -0.39 is 23.7 Å². The lowest BCUT2D eigenvalue weighted by Crippen LogP contribution is -2.50. The van der Waals surface area contributed by atoms with Crippen LogP contribution >= 0.6 is 0 Å². The molecule has 6 heteroatoms. The fraction of sp³-hybridized carbons (Fsp3) is 0.750. The molecule has 0 aromatic carbocycles. The average molecular weight is 411 g/mol. The highest BCUT2D eigenvalue weighted by atomic mass is 16.2. The van der Waals surface area contributed by atoms with E-state index in [0.717, 1.165) is 64.2 Å². The summed E-state index contributed by atoms with van der Waals surface area (Å²) in [4.78, 5) is 56.9. The summed E-state index contributed by atoms with van der Waals surface area (Å²) < 4.78 is 0. The predicted molar refractivity (Wildman–Crippen MR) is 108 cm³/mol. The normalized spacial score (nSPS) is 41.7. The molecule has 6 atom stereocenters. The zero-order valence-corrected chi connectivity index (χ0v) is 17.4. The molecule has 6 nitrogen and oxygen atoms in total. The van der Waals surface area contributed by atoms with E-state index in [1.807, 2.05) is 12.2 Å². The van der Waals surface area contributed by atoms with Gasteiger partial charge in [0.05, 0.1) is 23.7 Å². The molecule has 2 bridgehead atoms. The number of carbonyl (C=O) groups excluding carboxylic acids is 4. The van der Waals surface area contributed by atoms with Gasteiger partial charge in [0.25, 0.3) is 0 Å². The van der Waals surface area contributed by atoms with E-state index >= 15 is 0 Å². The fourth-order valence-corrected chi connectivity index (χ4v) is 7.67. The fourth-order valence-electron chi connectivity index (χ4n) is 7.67. The Hall–Kier alpha value is -1.98. The van der Waals surface area contributed by atoms with Crippen molar-refractivity contribution in [1.29, 1.82) is 0 Å². The van der Waals surface area contributed by atoms with Crippen LogP contribution < -0.4 is 0 Å². The molecule has 0 aromatic heterocycles. The zero-order valence-electron chi connectivity index (χ0n) is 17.4. The number of carbonyl (C=O) groups is 4. The van der Waals surface area contributed by atoms with Gasteiger partial charge in [-0.15, -0.1) is 0 Å². The van der Waals surface area contributed by atoms with Crippen LogP contribution in [0.2, 0.25) is 0 Å². The molecule has 2 saturated heterocycles. The third kappa shape index (κ3) is 2.36. The van der Waals surface area contributed by atoms with Gasteiger partial charge >= 0.3 is 0 Å². The number of allylic oxidation sites excluding steroid dienone is 2. The molecular formula is C24H30N2O4. The Morgan fingerprint density at radius 3 is 1.10 bits per heavy atom. The molecule has 2 heterocycles.